The normalized spacial score (nSPS) is 15.3. The Bertz CT molecular complexity index is 1330. The highest BCUT2D eigenvalue weighted by Crippen LogP contribution is 2.33. The molecule has 0 unspecified atom stereocenters. The van der Waals surface area contributed by atoms with E-state index in [1.165, 1.54) is 24.8 Å². The Kier molecular flexibility index (Phi) is 8.25. The van der Waals surface area contributed by atoms with Crippen molar-refractivity contribution in [2.75, 3.05) is 16.4 Å². The Hall–Kier alpha value is -4.41. The first-order valence-corrected chi connectivity index (χ1v) is 12.5. The standard InChI is InChI=1S/C27H31N5O6/c1-15(33)37-23(25(35)29-19-10-8-18(9-11-19)17-6-4-3-5-7-17)24(38-16(2)34)26(36)30-20-12-13-21-22(14-20)32-27(28)31-21/h8-14,17,23-24H,3-7H2,1-2H3,(H,29,35)(H,30,36)(H3,28,31,32)/t23-,24-/m1/s1. The number of aromatic amines is 1. The molecule has 11 nitrogen and oxygen atoms in total. The van der Waals surface area contributed by atoms with Gasteiger partial charge in [-0.25, -0.2) is 4.98 Å². The van der Waals surface area contributed by atoms with Crippen LogP contribution in [0.15, 0.2) is 42.5 Å². The number of rotatable bonds is 8. The van der Waals surface area contributed by atoms with Gasteiger partial charge in [-0.15, -0.1) is 0 Å². The molecule has 0 saturated heterocycles. The summed E-state index contributed by atoms with van der Waals surface area (Å²) in [4.78, 5) is 57.0. The Labute approximate surface area is 219 Å². The first kappa shape index (κ1) is 26.6. The number of fused-ring (bicyclic) bond motifs is 1. The van der Waals surface area contributed by atoms with Crippen molar-refractivity contribution >= 4 is 52.1 Å². The van der Waals surface area contributed by atoms with Crippen LogP contribution in [0, 0.1) is 0 Å². The average molecular weight is 522 g/mol. The van der Waals surface area contributed by atoms with E-state index in [-0.39, 0.29) is 5.95 Å². The van der Waals surface area contributed by atoms with Gasteiger partial charge in [-0.2, -0.15) is 0 Å². The number of carbonyl (C=O) groups excluding carboxylic acids is 4. The average Bonchev–Trinajstić information content (AvgIpc) is 3.26. The monoisotopic (exact) mass is 521 g/mol. The predicted octanol–water partition coefficient (Wildman–Crippen LogP) is 3.63. The van der Waals surface area contributed by atoms with Gasteiger partial charge < -0.3 is 30.8 Å². The second-order valence-electron chi connectivity index (χ2n) is 9.35. The second kappa shape index (κ2) is 11.8. The first-order chi connectivity index (χ1) is 18.2. The van der Waals surface area contributed by atoms with E-state index in [9.17, 15) is 19.2 Å². The summed E-state index contributed by atoms with van der Waals surface area (Å²) in [5, 5.41) is 5.25. The first-order valence-electron chi connectivity index (χ1n) is 12.5. The molecule has 2 aromatic carbocycles. The molecule has 0 bridgehead atoms. The number of aromatic nitrogens is 2. The number of imidazole rings is 1. The van der Waals surface area contributed by atoms with Crippen LogP contribution in [-0.4, -0.2) is 45.9 Å². The second-order valence-corrected chi connectivity index (χ2v) is 9.35. The molecule has 1 heterocycles. The van der Waals surface area contributed by atoms with E-state index in [4.69, 9.17) is 15.2 Å². The van der Waals surface area contributed by atoms with Crippen molar-refractivity contribution in [2.24, 2.45) is 0 Å². The highest BCUT2D eigenvalue weighted by atomic mass is 16.6. The summed E-state index contributed by atoms with van der Waals surface area (Å²) in [7, 11) is 0. The third kappa shape index (κ3) is 6.67. The molecule has 4 rings (SSSR count). The van der Waals surface area contributed by atoms with Crippen molar-refractivity contribution in [3.05, 3.63) is 48.0 Å². The van der Waals surface area contributed by atoms with Crippen LogP contribution in [0.3, 0.4) is 0 Å². The van der Waals surface area contributed by atoms with Crippen LogP contribution >= 0.6 is 0 Å². The summed E-state index contributed by atoms with van der Waals surface area (Å²) in [5.41, 5.74) is 8.80. The molecule has 2 amide bonds. The van der Waals surface area contributed by atoms with Crippen molar-refractivity contribution in [3.63, 3.8) is 0 Å². The van der Waals surface area contributed by atoms with Gasteiger partial charge in [0.1, 0.15) is 0 Å². The molecular formula is C27H31N5O6. The van der Waals surface area contributed by atoms with Gasteiger partial charge in [-0.1, -0.05) is 31.4 Å². The van der Waals surface area contributed by atoms with E-state index in [0.717, 1.165) is 26.7 Å². The molecule has 0 radical (unpaired) electrons. The molecule has 1 aliphatic carbocycles. The maximum atomic E-state index is 13.2. The molecule has 5 N–H and O–H groups in total. The van der Waals surface area contributed by atoms with Gasteiger partial charge in [0.05, 0.1) is 11.0 Å². The number of nitrogens with one attached hydrogen (secondary N) is 3. The molecule has 0 aliphatic heterocycles. The summed E-state index contributed by atoms with van der Waals surface area (Å²) in [6, 6.07) is 12.2. The zero-order valence-electron chi connectivity index (χ0n) is 21.3. The maximum absolute atomic E-state index is 13.2. The van der Waals surface area contributed by atoms with Crippen LogP contribution in [0.4, 0.5) is 17.3 Å². The van der Waals surface area contributed by atoms with Gasteiger partial charge in [0.2, 0.25) is 12.2 Å². The van der Waals surface area contributed by atoms with E-state index in [1.54, 1.807) is 30.3 Å². The Morgan fingerprint density at radius 3 is 2.00 bits per heavy atom. The van der Waals surface area contributed by atoms with Crippen LogP contribution in [0.1, 0.15) is 57.4 Å². The Morgan fingerprint density at radius 2 is 1.42 bits per heavy atom. The number of nitrogens with two attached hydrogens (primary N) is 1. The minimum atomic E-state index is -1.75. The molecule has 2 atom stereocenters. The molecule has 200 valence electrons. The quantitative estimate of drug-likeness (QED) is 0.326. The number of ether oxygens (including phenoxy) is 2. The summed E-state index contributed by atoms with van der Waals surface area (Å²) in [6.07, 6.45) is 2.46. The number of hydrogen-bond acceptors (Lipinski definition) is 8. The molecule has 11 heteroatoms. The highest BCUT2D eigenvalue weighted by Gasteiger charge is 2.39. The lowest BCUT2D eigenvalue weighted by atomic mass is 9.84. The van der Waals surface area contributed by atoms with Crippen molar-refractivity contribution in [1.82, 2.24) is 9.97 Å². The van der Waals surface area contributed by atoms with Crippen molar-refractivity contribution in [1.29, 1.82) is 0 Å². The number of anilines is 3. The predicted molar refractivity (Wildman–Crippen MR) is 141 cm³/mol. The number of esters is 2. The fraction of sp³-hybridized carbons (Fsp3) is 0.370. The van der Waals surface area contributed by atoms with E-state index >= 15 is 0 Å². The van der Waals surface area contributed by atoms with Crippen LogP contribution in [0.5, 0.6) is 0 Å². The van der Waals surface area contributed by atoms with E-state index in [1.807, 2.05) is 12.1 Å². The molecule has 1 saturated carbocycles. The van der Waals surface area contributed by atoms with Crippen LogP contribution in [0.25, 0.3) is 11.0 Å². The number of H-pyrrole nitrogens is 1. The molecule has 1 aliphatic rings. The molecule has 1 fully saturated rings. The number of carbonyl (C=O) groups is 4. The summed E-state index contributed by atoms with van der Waals surface area (Å²) in [5.74, 6) is -2.62. The van der Waals surface area contributed by atoms with Gasteiger partial charge >= 0.3 is 11.9 Å². The maximum Gasteiger partial charge on any atom is 0.303 e. The van der Waals surface area contributed by atoms with Crippen molar-refractivity contribution < 1.29 is 28.7 Å². The third-order valence-electron chi connectivity index (χ3n) is 6.40. The lowest BCUT2D eigenvalue weighted by Gasteiger charge is -2.25. The number of amides is 2. The fourth-order valence-electron chi connectivity index (χ4n) is 4.67. The molecule has 0 spiro atoms. The molecule has 3 aromatic rings. The molecular weight excluding hydrogens is 490 g/mol. The fourth-order valence-corrected chi connectivity index (χ4v) is 4.67. The van der Waals surface area contributed by atoms with Crippen LogP contribution < -0.4 is 16.4 Å². The van der Waals surface area contributed by atoms with Gasteiger partial charge in [-0.05, 0) is 54.7 Å². The number of hydrogen-bond donors (Lipinski definition) is 4. The zero-order valence-corrected chi connectivity index (χ0v) is 21.3. The van der Waals surface area contributed by atoms with E-state index < -0.39 is 36.0 Å². The summed E-state index contributed by atoms with van der Waals surface area (Å²) in [6.45, 7) is 2.19. The number of nitrogen functional groups attached to an aromatic ring is 1. The number of benzene rings is 2. The van der Waals surface area contributed by atoms with Gasteiger partial charge in [-0.3, -0.25) is 19.2 Å². The highest BCUT2D eigenvalue weighted by molar-refractivity contribution is 6.04. The largest absolute Gasteiger partial charge is 0.448 e. The van der Waals surface area contributed by atoms with Crippen molar-refractivity contribution in [2.45, 2.75) is 64.1 Å². The topological polar surface area (TPSA) is 166 Å². The van der Waals surface area contributed by atoms with Crippen LogP contribution in [-0.2, 0) is 28.7 Å². The molecule has 38 heavy (non-hydrogen) atoms. The van der Waals surface area contributed by atoms with Gasteiger partial charge in [0.15, 0.2) is 5.95 Å². The lowest BCUT2D eigenvalue weighted by Crippen LogP contribution is -2.49. The smallest absolute Gasteiger partial charge is 0.303 e. The minimum absolute atomic E-state index is 0.208. The Morgan fingerprint density at radius 1 is 0.868 bits per heavy atom. The summed E-state index contributed by atoms with van der Waals surface area (Å²) < 4.78 is 10.3. The zero-order chi connectivity index (χ0) is 27.2. The van der Waals surface area contributed by atoms with Crippen molar-refractivity contribution in [3.8, 4) is 0 Å². The lowest BCUT2D eigenvalue weighted by molar-refractivity contribution is -0.171. The third-order valence-corrected chi connectivity index (χ3v) is 6.40. The Balaban J connectivity index is 1.52. The molecule has 1 aromatic heterocycles. The van der Waals surface area contributed by atoms with Crippen LogP contribution in [0.2, 0.25) is 0 Å². The van der Waals surface area contributed by atoms with E-state index in [2.05, 4.69) is 20.6 Å². The van der Waals surface area contributed by atoms with Gasteiger partial charge in [0.25, 0.3) is 11.8 Å². The summed E-state index contributed by atoms with van der Waals surface area (Å²) >= 11 is 0. The number of nitrogens with zero attached hydrogens (tertiary/aromatic N) is 1. The minimum Gasteiger partial charge on any atom is -0.448 e. The van der Waals surface area contributed by atoms with Gasteiger partial charge in [0, 0.05) is 25.2 Å². The SMILES string of the molecule is CC(=O)O[C@@H](C(=O)Nc1ccc(C2CCCCC2)cc1)[C@@H](OC(C)=O)C(=O)Nc1ccc2nc(N)[nH]c2c1. The van der Waals surface area contributed by atoms with E-state index in [0.29, 0.717) is 28.3 Å².